The number of amides is 1. The second-order valence-corrected chi connectivity index (χ2v) is 6.16. The van der Waals surface area contributed by atoms with Crippen molar-refractivity contribution < 1.29 is 9.21 Å². The molecule has 2 rings (SSSR count). The Bertz CT molecular complexity index is 527. The quantitative estimate of drug-likeness (QED) is 0.366. The molecular weight excluding hydrogens is 433 g/mol. The van der Waals surface area contributed by atoms with E-state index < -0.39 is 0 Å². The van der Waals surface area contributed by atoms with Gasteiger partial charge >= 0.3 is 0 Å². The van der Waals surface area contributed by atoms with Crippen LogP contribution in [-0.2, 0) is 4.79 Å². The molecule has 0 radical (unpaired) electrons. The summed E-state index contributed by atoms with van der Waals surface area (Å²) in [6, 6.07) is 3.95. The van der Waals surface area contributed by atoms with Crippen molar-refractivity contribution >= 4 is 35.8 Å². The van der Waals surface area contributed by atoms with E-state index in [2.05, 4.69) is 20.5 Å². The number of carbonyl (C=O) groups excluding carboxylic acids is 1. The van der Waals surface area contributed by atoms with Gasteiger partial charge in [0.15, 0.2) is 5.96 Å². The Hall–Kier alpha value is -1.29. The van der Waals surface area contributed by atoms with E-state index in [1.165, 1.54) is 0 Å². The number of rotatable bonds is 7. The molecule has 0 aliphatic carbocycles. The maximum atomic E-state index is 12.1. The molecule has 142 valence electrons. The van der Waals surface area contributed by atoms with Gasteiger partial charge in [-0.1, -0.05) is 0 Å². The van der Waals surface area contributed by atoms with Gasteiger partial charge < -0.3 is 20.0 Å². The van der Waals surface area contributed by atoms with Gasteiger partial charge in [-0.3, -0.25) is 9.69 Å². The van der Waals surface area contributed by atoms with Gasteiger partial charge in [0.25, 0.3) is 0 Å². The minimum atomic E-state index is 0. The molecule has 7 nitrogen and oxygen atoms in total. The summed E-state index contributed by atoms with van der Waals surface area (Å²) in [5.74, 6) is 1.65. The molecular formula is C17H30IN5O2. The summed E-state index contributed by atoms with van der Waals surface area (Å²) in [6.45, 7) is 5.30. The number of furan rings is 1. The lowest BCUT2D eigenvalue weighted by atomic mass is 10.2. The summed E-state index contributed by atoms with van der Waals surface area (Å²) in [5.41, 5.74) is 0. The van der Waals surface area contributed by atoms with E-state index in [-0.39, 0.29) is 42.5 Å². The monoisotopic (exact) mass is 463 g/mol. The lowest BCUT2D eigenvalue weighted by Gasteiger charge is -2.23. The predicted octanol–water partition coefficient (Wildman–Crippen LogP) is 1.68. The zero-order chi connectivity index (χ0) is 17.4. The average Bonchev–Trinajstić information content (AvgIpc) is 3.25. The van der Waals surface area contributed by atoms with E-state index in [0.29, 0.717) is 12.5 Å². The first-order valence-corrected chi connectivity index (χ1v) is 8.61. The van der Waals surface area contributed by atoms with Gasteiger partial charge in [0.05, 0.1) is 12.3 Å². The first-order chi connectivity index (χ1) is 11.6. The van der Waals surface area contributed by atoms with Crippen LogP contribution in [0.1, 0.15) is 31.6 Å². The summed E-state index contributed by atoms with van der Waals surface area (Å²) in [4.78, 5) is 20.5. The molecule has 1 aromatic heterocycles. The normalized spacial score (nSPS) is 15.8. The van der Waals surface area contributed by atoms with Crippen molar-refractivity contribution in [2.75, 3.05) is 46.8 Å². The number of hydrogen-bond donors (Lipinski definition) is 2. The highest BCUT2D eigenvalue weighted by Crippen LogP contribution is 2.17. The Morgan fingerprint density at radius 3 is 2.64 bits per heavy atom. The Morgan fingerprint density at radius 1 is 1.36 bits per heavy atom. The van der Waals surface area contributed by atoms with Gasteiger partial charge in [-0.2, -0.15) is 0 Å². The molecule has 1 atom stereocenters. The summed E-state index contributed by atoms with van der Waals surface area (Å²) in [5, 5.41) is 6.49. The first kappa shape index (κ1) is 21.8. The molecule has 0 spiro atoms. The lowest BCUT2D eigenvalue weighted by molar-refractivity contribution is -0.128. The van der Waals surface area contributed by atoms with Crippen LogP contribution in [0.25, 0.3) is 0 Å². The van der Waals surface area contributed by atoms with Crippen LogP contribution in [0.5, 0.6) is 0 Å². The number of nitrogens with one attached hydrogen (secondary N) is 2. The topological polar surface area (TPSA) is 73.1 Å². The van der Waals surface area contributed by atoms with E-state index in [4.69, 9.17) is 4.42 Å². The molecule has 0 saturated carbocycles. The fourth-order valence-electron chi connectivity index (χ4n) is 2.77. The Balaban J connectivity index is 0.00000312. The third-order valence-electron chi connectivity index (χ3n) is 4.13. The second-order valence-electron chi connectivity index (χ2n) is 6.16. The number of carbonyl (C=O) groups is 1. The molecule has 1 fully saturated rings. The van der Waals surface area contributed by atoms with Gasteiger partial charge in [-0.25, -0.2) is 4.99 Å². The molecule has 2 heterocycles. The molecule has 1 saturated heterocycles. The van der Waals surface area contributed by atoms with Crippen LogP contribution in [0.2, 0.25) is 0 Å². The maximum absolute atomic E-state index is 12.1. The summed E-state index contributed by atoms with van der Waals surface area (Å²) < 4.78 is 5.51. The van der Waals surface area contributed by atoms with E-state index in [1.807, 2.05) is 38.1 Å². The van der Waals surface area contributed by atoms with Gasteiger partial charge in [-0.05, 0) is 46.0 Å². The van der Waals surface area contributed by atoms with Crippen LogP contribution in [0.3, 0.4) is 0 Å². The van der Waals surface area contributed by atoms with E-state index in [1.54, 1.807) is 6.26 Å². The predicted molar refractivity (Wildman–Crippen MR) is 110 cm³/mol. The molecule has 0 bridgehead atoms. The highest BCUT2D eigenvalue weighted by Gasteiger charge is 2.19. The van der Waals surface area contributed by atoms with E-state index >= 15 is 0 Å². The molecule has 8 heteroatoms. The van der Waals surface area contributed by atoms with Gasteiger partial charge in [0.1, 0.15) is 12.3 Å². The van der Waals surface area contributed by atoms with Crippen molar-refractivity contribution in [1.29, 1.82) is 0 Å². The van der Waals surface area contributed by atoms with E-state index in [0.717, 1.165) is 38.2 Å². The number of hydrogen-bond acceptors (Lipinski definition) is 4. The van der Waals surface area contributed by atoms with Gasteiger partial charge in [0.2, 0.25) is 5.91 Å². The third-order valence-corrected chi connectivity index (χ3v) is 4.13. The highest BCUT2D eigenvalue weighted by atomic mass is 127. The lowest BCUT2D eigenvalue weighted by Crippen LogP contribution is -2.42. The number of halogens is 1. The summed E-state index contributed by atoms with van der Waals surface area (Å²) in [7, 11) is 4.02. The largest absolute Gasteiger partial charge is 0.468 e. The fraction of sp³-hybridized carbons (Fsp3) is 0.647. The number of aliphatic imine (C=N–C) groups is 1. The van der Waals surface area contributed by atoms with E-state index in [9.17, 15) is 4.79 Å². The van der Waals surface area contributed by atoms with Crippen LogP contribution < -0.4 is 10.6 Å². The first-order valence-electron chi connectivity index (χ1n) is 8.61. The molecule has 0 aromatic carbocycles. The fourth-order valence-corrected chi connectivity index (χ4v) is 2.77. The van der Waals surface area contributed by atoms with Crippen LogP contribution in [0.15, 0.2) is 27.8 Å². The smallest absolute Gasteiger partial charge is 0.244 e. The zero-order valence-corrected chi connectivity index (χ0v) is 17.7. The minimum absolute atomic E-state index is 0. The van der Waals surface area contributed by atoms with Crippen molar-refractivity contribution in [2.45, 2.75) is 25.8 Å². The van der Waals surface area contributed by atoms with Crippen molar-refractivity contribution in [2.24, 2.45) is 4.99 Å². The van der Waals surface area contributed by atoms with Crippen molar-refractivity contribution in [3.05, 3.63) is 24.2 Å². The number of nitrogens with zero attached hydrogens (tertiary/aromatic N) is 3. The molecule has 1 unspecified atom stereocenters. The van der Waals surface area contributed by atoms with Crippen molar-refractivity contribution in [3.63, 3.8) is 0 Å². The SMILES string of the molecule is CCNC(=NCC(=O)N1CCCC1)NCC(c1ccco1)N(C)C.I. The number of likely N-dealkylation sites (tertiary alicyclic amines) is 1. The Morgan fingerprint density at radius 2 is 2.08 bits per heavy atom. The number of likely N-dealkylation sites (N-methyl/N-ethyl adjacent to an activating group) is 1. The molecule has 25 heavy (non-hydrogen) atoms. The van der Waals surface area contributed by atoms with Crippen molar-refractivity contribution in [1.82, 2.24) is 20.4 Å². The third kappa shape index (κ3) is 6.85. The van der Waals surface area contributed by atoms with Crippen LogP contribution in [0.4, 0.5) is 0 Å². The van der Waals surface area contributed by atoms with Crippen LogP contribution >= 0.6 is 24.0 Å². The Kier molecular flexibility index (Phi) is 9.88. The molecule has 1 amide bonds. The Labute approximate surface area is 167 Å². The van der Waals surface area contributed by atoms with Crippen LogP contribution in [0, 0.1) is 0 Å². The minimum Gasteiger partial charge on any atom is -0.468 e. The summed E-state index contributed by atoms with van der Waals surface area (Å²) >= 11 is 0. The molecule has 2 N–H and O–H groups in total. The molecule has 1 aliphatic rings. The standard InChI is InChI=1S/C17H29N5O2.HI/c1-4-18-17(20-13-16(23)22-9-5-6-10-22)19-12-14(21(2)3)15-8-7-11-24-15;/h7-8,11,14H,4-6,9-10,12-13H2,1-3H3,(H2,18,19,20);1H. The molecule has 1 aromatic rings. The zero-order valence-electron chi connectivity index (χ0n) is 15.3. The maximum Gasteiger partial charge on any atom is 0.244 e. The summed E-state index contributed by atoms with van der Waals surface area (Å²) in [6.07, 6.45) is 3.88. The molecule has 1 aliphatic heterocycles. The van der Waals surface area contributed by atoms with Crippen molar-refractivity contribution in [3.8, 4) is 0 Å². The second kappa shape index (κ2) is 11.3. The van der Waals surface area contributed by atoms with Gasteiger partial charge in [0, 0.05) is 26.2 Å². The van der Waals surface area contributed by atoms with Crippen LogP contribution in [-0.4, -0.2) is 68.5 Å². The average molecular weight is 463 g/mol. The van der Waals surface area contributed by atoms with Gasteiger partial charge in [-0.15, -0.1) is 24.0 Å². The number of guanidine groups is 1. The highest BCUT2D eigenvalue weighted by molar-refractivity contribution is 14.0.